The smallest absolute Gasteiger partial charge is 0.264 e. The summed E-state index contributed by atoms with van der Waals surface area (Å²) in [6, 6.07) is 33.8. The van der Waals surface area contributed by atoms with E-state index in [1.165, 1.54) is 60.6 Å². The highest BCUT2D eigenvalue weighted by molar-refractivity contribution is 7.33. The van der Waals surface area contributed by atoms with Crippen molar-refractivity contribution in [1.82, 2.24) is 0 Å². The van der Waals surface area contributed by atoms with Crippen molar-refractivity contribution >= 4 is 78.0 Å². The number of benzene rings is 5. The number of anilines is 6. The fourth-order valence-corrected chi connectivity index (χ4v) is 10.8. The maximum atomic E-state index is 8.41. The van der Waals surface area contributed by atoms with Crippen LogP contribution in [-0.2, 0) is 21.7 Å². The second kappa shape index (κ2) is 11.6. The molecule has 5 aromatic carbocycles. The van der Waals surface area contributed by atoms with Gasteiger partial charge in [0.1, 0.15) is 0 Å². The molecule has 0 unspecified atom stereocenters. The van der Waals surface area contributed by atoms with Crippen molar-refractivity contribution in [3.8, 4) is 0 Å². The topological polar surface area (TPSA) is 6.48 Å². The van der Waals surface area contributed by atoms with Crippen molar-refractivity contribution in [2.24, 2.45) is 0 Å². The van der Waals surface area contributed by atoms with Crippen LogP contribution < -0.4 is 25.5 Å². The highest BCUT2D eigenvalue weighted by Gasteiger charge is 2.47. The van der Waals surface area contributed by atoms with Crippen molar-refractivity contribution in [3.63, 3.8) is 0 Å². The molecule has 0 radical (unpaired) electrons. The van der Waals surface area contributed by atoms with E-state index in [9.17, 15) is 0 Å². The molecule has 0 saturated heterocycles. The van der Waals surface area contributed by atoms with Gasteiger partial charge in [-0.2, -0.15) is 0 Å². The van der Waals surface area contributed by atoms with E-state index in [2.05, 4.69) is 159 Å². The van der Waals surface area contributed by atoms with Crippen LogP contribution >= 0.6 is 11.3 Å². The van der Waals surface area contributed by atoms with Crippen LogP contribution in [0.2, 0.25) is 0 Å². The van der Waals surface area contributed by atoms with E-state index in [-0.39, 0.29) is 28.4 Å². The summed E-state index contributed by atoms with van der Waals surface area (Å²) in [6.07, 6.45) is 2.28. The Balaban J connectivity index is 1.40. The maximum absolute atomic E-state index is 8.41. The van der Waals surface area contributed by atoms with Crippen molar-refractivity contribution < 1.29 is 4.11 Å². The van der Waals surface area contributed by atoms with Gasteiger partial charge in [0.15, 0.2) is 0 Å². The van der Waals surface area contributed by atoms with E-state index in [1.807, 2.05) is 23.5 Å². The molecule has 0 saturated carbocycles. The Morgan fingerprint density at radius 3 is 1.93 bits per heavy atom. The van der Waals surface area contributed by atoms with E-state index in [1.54, 1.807) is 6.07 Å². The molecule has 54 heavy (non-hydrogen) atoms. The third-order valence-electron chi connectivity index (χ3n) is 12.9. The summed E-state index contributed by atoms with van der Waals surface area (Å²) < 4.78 is 27.6. The van der Waals surface area contributed by atoms with Gasteiger partial charge in [-0.15, -0.1) is 11.3 Å². The Labute approximate surface area is 332 Å². The molecule has 6 aromatic rings. The Bertz CT molecular complexity index is 2620. The molecular formula is C50H55BN2S. The van der Waals surface area contributed by atoms with Gasteiger partial charge in [0.2, 0.25) is 0 Å². The first-order valence-electron chi connectivity index (χ1n) is 21.3. The quantitative estimate of drug-likeness (QED) is 0.164. The van der Waals surface area contributed by atoms with Crippen molar-refractivity contribution in [3.05, 3.63) is 124 Å². The van der Waals surface area contributed by atoms with Gasteiger partial charge in [-0.1, -0.05) is 117 Å². The molecule has 3 heterocycles. The fraction of sp³-hybridized carbons (Fsp3) is 0.360. The van der Waals surface area contributed by atoms with Gasteiger partial charge in [0, 0.05) is 47.4 Å². The summed E-state index contributed by atoms with van der Waals surface area (Å²) in [5.41, 5.74) is 16.8. The van der Waals surface area contributed by atoms with Crippen LogP contribution in [-0.4, -0.2) is 6.71 Å². The first kappa shape index (κ1) is 32.0. The fourth-order valence-electron chi connectivity index (χ4n) is 9.49. The van der Waals surface area contributed by atoms with Gasteiger partial charge in [-0.3, -0.25) is 0 Å². The minimum Gasteiger partial charge on any atom is -0.311 e. The highest BCUT2D eigenvalue weighted by Crippen LogP contribution is 2.52. The second-order valence-corrected chi connectivity index (χ2v) is 20.7. The molecule has 274 valence electrons. The Morgan fingerprint density at radius 1 is 0.667 bits per heavy atom. The van der Waals surface area contributed by atoms with Crippen molar-refractivity contribution in [2.75, 3.05) is 9.80 Å². The predicted molar refractivity (Wildman–Crippen MR) is 238 cm³/mol. The molecule has 1 aromatic heterocycles. The number of hydrogen-bond acceptors (Lipinski definition) is 3. The van der Waals surface area contributed by atoms with Gasteiger partial charge < -0.3 is 9.80 Å². The first-order chi connectivity index (χ1) is 26.6. The van der Waals surface area contributed by atoms with Crippen LogP contribution in [0, 0.1) is 13.8 Å². The second-order valence-electron chi connectivity index (χ2n) is 19.6. The first-order valence-corrected chi connectivity index (χ1v) is 20.6. The molecule has 9 rings (SSSR count). The Hall–Kier alpha value is -4.28. The van der Waals surface area contributed by atoms with E-state index in [0.29, 0.717) is 5.56 Å². The number of rotatable bonds is 2. The van der Waals surface area contributed by atoms with E-state index >= 15 is 0 Å². The lowest BCUT2D eigenvalue weighted by Crippen LogP contribution is -2.61. The summed E-state index contributed by atoms with van der Waals surface area (Å²) in [7, 11) is 0. The average molecular weight is 730 g/mol. The lowest BCUT2D eigenvalue weighted by Gasteiger charge is -2.47. The Kier molecular flexibility index (Phi) is 6.89. The third kappa shape index (κ3) is 5.26. The minimum atomic E-state index is -2.21. The molecule has 2 nitrogen and oxygen atoms in total. The van der Waals surface area contributed by atoms with Crippen molar-refractivity contribution in [1.29, 1.82) is 0 Å². The molecule has 0 atom stereocenters. The normalized spacial score (nSPS) is 18.0. The zero-order valence-corrected chi connectivity index (χ0v) is 34.8. The number of fused-ring (bicyclic) bond motifs is 7. The summed E-state index contributed by atoms with van der Waals surface area (Å²) in [5.74, 6) is 0. The highest BCUT2D eigenvalue weighted by atomic mass is 32.1. The van der Waals surface area contributed by atoms with Gasteiger partial charge in [-0.25, -0.2) is 0 Å². The Morgan fingerprint density at radius 2 is 1.30 bits per heavy atom. The number of aryl methyl sites for hydroxylation is 2. The predicted octanol–water partition coefficient (Wildman–Crippen LogP) is 12.5. The maximum Gasteiger partial charge on any atom is 0.264 e. The molecule has 1 aliphatic carbocycles. The third-order valence-corrected chi connectivity index (χ3v) is 14.1. The molecule has 3 aliphatic rings. The molecule has 4 heteroatoms. The van der Waals surface area contributed by atoms with Crippen molar-refractivity contribution in [2.45, 2.75) is 118 Å². The SMILES string of the molecule is [2H]C([2H])([2H])c1ccc2sc3c(c2c1)N(c1ccc(C(C)(C)C)cc1)c1cccc2c1B3c1cc3c(cc1N2c1ccc(C(C)(C)C)cc1C)C(C)(C)CCC3(C)C. The minimum absolute atomic E-state index is 0.0123. The average Bonchev–Trinajstić information content (AvgIpc) is 3.51. The molecular weight excluding hydrogens is 671 g/mol. The summed E-state index contributed by atoms with van der Waals surface area (Å²) >= 11 is 1.83. The summed E-state index contributed by atoms with van der Waals surface area (Å²) in [4.78, 5) is 5.00. The molecule has 0 bridgehead atoms. The molecule has 0 N–H and O–H groups in total. The molecule has 2 aliphatic heterocycles. The molecule has 0 spiro atoms. The van der Waals surface area contributed by atoms with Crippen LogP contribution in [0.3, 0.4) is 0 Å². The van der Waals surface area contributed by atoms with Crippen LogP contribution in [0.1, 0.15) is 120 Å². The summed E-state index contributed by atoms with van der Waals surface area (Å²) in [6.45, 7) is 23.4. The molecule has 0 amide bonds. The number of hydrogen-bond donors (Lipinski definition) is 0. The number of nitrogens with zero attached hydrogens (tertiary/aromatic N) is 2. The van der Waals surface area contributed by atoms with Gasteiger partial charge in [-0.05, 0) is 136 Å². The largest absolute Gasteiger partial charge is 0.311 e. The van der Waals surface area contributed by atoms with E-state index in [4.69, 9.17) is 4.11 Å². The molecule has 0 fully saturated rings. The van der Waals surface area contributed by atoms with Crippen LogP contribution in [0.25, 0.3) is 10.1 Å². The van der Waals surface area contributed by atoms with Crippen LogP contribution in [0.15, 0.2) is 91.0 Å². The lowest BCUT2D eigenvalue weighted by atomic mass is 9.35. The lowest BCUT2D eigenvalue weighted by molar-refractivity contribution is 0.332. The zero-order chi connectivity index (χ0) is 40.8. The number of thiophene rings is 1. The monoisotopic (exact) mass is 729 g/mol. The standard InChI is InChI=1S/C50H55BN2S/c1-30-16-23-43-35(26-30)45-46(54-43)51-38-28-36-37(50(11,12)25-24-49(36,9)10)29-42(38)53(39-22-19-33(27-31(39)2)48(6,7)8)41-15-13-14-40(44(41)51)52(45)34-20-17-32(18-21-34)47(3,4)5/h13-23,26-29H,24-25H2,1-12H3/i1D3. The van der Waals surface area contributed by atoms with E-state index < -0.39 is 6.85 Å². The van der Waals surface area contributed by atoms with Crippen LogP contribution in [0.5, 0.6) is 0 Å². The zero-order valence-electron chi connectivity index (χ0n) is 37.0. The van der Waals surface area contributed by atoms with Gasteiger partial charge in [0.05, 0.1) is 5.69 Å². The van der Waals surface area contributed by atoms with E-state index in [0.717, 1.165) is 40.0 Å². The van der Waals surface area contributed by atoms with Gasteiger partial charge in [0.25, 0.3) is 6.71 Å². The summed E-state index contributed by atoms with van der Waals surface area (Å²) in [5, 5.41) is 0.997. The van der Waals surface area contributed by atoms with Crippen LogP contribution in [0.4, 0.5) is 34.1 Å². The van der Waals surface area contributed by atoms with Gasteiger partial charge >= 0.3 is 0 Å².